The quantitative estimate of drug-likeness (QED) is 0.0913. The minimum Gasteiger partial charge on any atom is -0.489 e. The summed E-state index contributed by atoms with van der Waals surface area (Å²) < 4.78 is 59.9. The highest BCUT2D eigenvalue weighted by Crippen LogP contribution is 2.35. The van der Waals surface area contributed by atoms with Gasteiger partial charge in [-0.1, -0.05) is 66.7 Å². The van der Waals surface area contributed by atoms with E-state index < -0.39 is 24.5 Å². The maximum Gasteiger partial charge on any atom is 0.354 e. The van der Waals surface area contributed by atoms with Crippen molar-refractivity contribution in [3.05, 3.63) is 165 Å². The molecule has 4 aromatic carbocycles. The molecule has 0 saturated heterocycles. The molecule has 2 N–H and O–H groups in total. The molecule has 0 spiro atoms. The zero-order valence-corrected chi connectivity index (χ0v) is 30.1. The molecule has 5 aromatic rings. The number of carboxylic acids is 2. The third-order valence-corrected chi connectivity index (χ3v) is 10.1. The first-order valence-corrected chi connectivity index (χ1v) is 18.3. The number of benzene rings is 4. The van der Waals surface area contributed by atoms with E-state index in [9.17, 15) is 37.4 Å². The van der Waals surface area contributed by atoms with E-state index in [1.807, 2.05) is 42.5 Å². The van der Waals surface area contributed by atoms with Gasteiger partial charge < -0.3 is 14.9 Å². The number of aryl methyl sites for hydroxylation is 3. The summed E-state index contributed by atoms with van der Waals surface area (Å²) in [6.45, 7) is 1.44. The van der Waals surface area contributed by atoms with E-state index in [-0.39, 0.29) is 35.3 Å². The Morgan fingerprint density at radius 1 is 0.745 bits per heavy atom. The molecule has 55 heavy (non-hydrogen) atoms. The van der Waals surface area contributed by atoms with Gasteiger partial charge >= 0.3 is 11.9 Å². The maximum absolute atomic E-state index is 14.7. The van der Waals surface area contributed by atoms with Crippen molar-refractivity contribution in [3.63, 3.8) is 0 Å². The Hall–Kier alpha value is -5.55. The SMILES string of the molecule is O=C(O)c1ccc(CCN(CCc2cc(F)ccc2OCc2ccc(CCc3ccc(C(F)C(F)F)cc3)cc2)C2CCCc3nc(C(=O)O)ccc32)cc1. The van der Waals surface area contributed by atoms with Crippen molar-refractivity contribution < 1.29 is 42.1 Å². The lowest BCUT2D eigenvalue weighted by atomic mass is 9.89. The van der Waals surface area contributed by atoms with Crippen LogP contribution in [-0.2, 0) is 38.7 Å². The Morgan fingerprint density at radius 3 is 2.02 bits per heavy atom. The van der Waals surface area contributed by atoms with Crippen LogP contribution in [-0.4, -0.2) is 51.6 Å². The van der Waals surface area contributed by atoms with E-state index in [0.717, 1.165) is 46.4 Å². The first kappa shape index (κ1) is 39.2. The molecule has 1 aromatic heterocycles. The second kappa shape index (κ2) is 18.2. The van der Waals surface area contributed by atoms with Crippen molar-refractivity contribution in [1.29, 1.82) is 0 Å². The number of carboxylic acid groups (broad SMARTS) is 2. The van der Waals surface area contributed by atoms with Crippen LogP contribution < -0.4 is 4.74 Å². The normalized spacial score (nSPS) is 14.5. The number of hydrogen-bond acceptors (Lipinski definition) is 5. The van der Waals surface area contributed by atoms with Crippen LogP contribution in [0.5, 0.6) is 5.75 Å². The van der Waals surface area contributed by atoms with Gasteiger partial charge in [0.1, 0.15) is 23.9 Å². The minimum atomic E-state index is -3.05. The van der Waals surface area contributed by atoms with Gasteiger partial charge in [-0.15, -0.1) is 0 Å². The summed E-state index contributed by atoms with van der Waals surface area (Å²) in [6.07, 6.45) is -0.483. The van der Waals surface area contributed by atoms with Crippen molar-refractivity contribution in [1.82, 2.24) is 9.88 Å². The number of aromatic nitrogens is 1. The number of pyridine rings is 1. The predicted octanol–water partition coefficient (Wildman–Crippen LogP) is 9.42. The fourth-order valence-electron chi connectivity index (χ4n) is 7.06. The van der Waals surface area contributed by atoms with Crippen LogP contribution in [0.1, 0.15) is 90.5 Å². The van der Waals surface area contributed by atoms with Crippen LogP contribution in [0, 0.1) is 5.82 Å². The standard InChI is InChI=1S/C44H42F4N2O5/c45-35-18-21-40(55-27-31-8-6-28(7-9-31)4-5-29-10-14-32(15-11-29)41(46)42(47)48)34(26-35)23-25-50(24-22-30-12-16-33(17-13-30)43(51)52)39-3-1-2-37-36(39)19-20-38(49-37)44(53)54/h6-21,26,39,41-42H,1-5,22-25,27H2,(H,51,52)(H,53,54). The summed E-state index contributed by atoms with van der Waals surface area (Å²) in [5.74, 6) is -1.87. The number of aromatic carboxylic acids is 2. The van der Waals surface area contributed by atoms with Crippen LogP contribution >= 0.6 is 0 Å². The molecule has 1 aliphatic rings. The minimum absolute atomic E-state index is 0.0103. The lowest BCUT2D eigenvalue weighted by molar-refractivity contribution is 0.0495. The molecule has 0 amide bonds. The average Bonchev–Trinajstić information content (AvgIpc) is 3.19. The second-order valence-corrected chi connectivity index (χ2v) is 13.8. The first-order valence-electron chi connectivity index (χ1n) is 18.3. The number of ether oxygens (including phenoxy) is 1. The molecule has 0 radical (unpaired) electrons. The van der Waals surface area contributed by atoms with Gasteiger partial charge in [0.25, 0.3) is 6.43 Å². The van der Waals surface area contributed by atoms with Crippen LogP contribution in [0.4, 0.5) is 17.6 Å². The third-order valence-electron chi connectivity index (χ3n) is 10.1. The van der Waals surface area contributed by atoms with Gasteiger partial charge in [-0.2, -0.15) is 0 Å². The largest absolute Gasteiger partial charge is 0.489 e. The van der Waals surface area contributed by atoms with Crippen molar-refractivity contribution >= 4 is 11.9 Å². The Morgan fingerprint density at radius 2 is 1.36 bits per heavy atom. The molecular weight excluding hydrogens is 712 g/mol. The number of halogens is 4. The lowest BCUT2D eigenvalue weighted by Crippen LogP contribution is -2.35. The highest BCUT2D eigenvalue weighted by atomic mass is 19.3. The van der Waals surface area contributed by atoms with E-state index in [4.69, 9.17) is 4.74 Å². The van der Waals surface area contributed by atoms with Gasteiger partial charge in [0.2, 0.25) is 0 Å². The summed E-state index contributed by atoms with van der Waals surface area (Å²) in [6, 6.07) is 28.7. The summed E-state index contributed by atoms with van der Waals surface area (Å²) >= 11 is 0. The van der Waals surface area contributed by atoms with Crippen molar-refractivity contribution in [2.45, 2.75) is 70.2 Å². The van der Waals surface area contributed by atoms with Crippen LogP contribution in [0.25, 0.3) is 0 Å². The van der Waals surface area contributed by atoms with Gasteiger partial charge in [-0.05, 0) is 120 Å². The summed E-state index contributed by atoms with van der Waals surface area (Å²) in [5.41, 5.74) is 6.55. The summed E-state index contributed by atoms with van der Waals surface area (Å²) in [4.78, 5) is 29.8. The Balaban J connectivity index is 1.11. The molecule has 1 heterocycles. The number of alkyl halides is 3. The lowest BCUT2D eigenvalue weighted by Gasteiger charge is -2.36. The summed E-state index contributed by atoms with van der Waals surface area (Å²) in [7, 11) is 0. The van der Waals surface area contributed by atoms with Crippen LogP contribution in [0.3, 0.4) is 0 Å². The Bertz CT molecular complexity index is 2070. The van der Waals surface area contributed by atoms with Gasteiger partial charge in [0.15, 0.2) is 6.17 Å². The highest BCUT2D eigenvalue weighted by Gasteiger charge is 2.28. The molecule has 11 heteroatoms. The Kier molecular flexibility index (Phi) is 12.9. The number of hydrogen-bond donors (Lipinski definition) is 2. The van der Waals surface area contributed by atoms with E-state index in [1.54, 1.807) is 30.3 Å². The predicted molar refractivity (Wildman–Crippen MR) is 200 cm³/mol. The monoisotopic (exact) mass is 754 g/mol. The van der Waals surface area contributed by atoms with Gasteiger partial charge in [-0.3, -0.25) is 4.90 Å². The zero-order valence-electron chi connectivity index (χ0n) is 30.1. The third kappa shape index (κ3) is 10.4. The Labute approximate surface area is 317 Å². The average molecular weight is 755 g/mol. The molecule has 0 fully saturated rings. The molecule has 0 saturated carbocycles. The van der Waals surface area contributed by atoms with Crippen molar-refractivity contribution in [2.24, 2.45) is 0 Å². The van der Waals surface area contributed by atoms with E-state index >= 15 is 0 Å². The van der Waals surface area contributed by atoms with Crippen molar-refractivity contribution in [2.75, 3.05) is 13.1 Å². The van der Waals surface area contributed by atoms with Gasteiger partial charge in [-0.25, -0.2) is 32.1 Å². The first-order chi connectivity index (χ1) is 26.5. The molecule has 1 aliphatic carbocycles. The fraction of sp³-hybridized carbons (Fsp3) is 0.295. The molecule has 286 valence electrons. The molecule has 2 atom stereocenters. The van der Waals surface area contributed by atoms with E-state index in [1.165, 1.54) is 30.3 Å². The van der Waals surface area contributed by atoms with Crippen LogP contribution in [0.2, 0.25) is 0 Å². The molecule has 2 unspecified atom stereocenters. The topological polar surface area (TPSA) is 100.0 Å². The number of nitrogens with zero attached hydrogens (tertiary/aromatic N) is 2. The molecule has 0 bridgehead atoms. The van der Waals surface area contributed by atoms with Gasteiger partial charge in [0.05, 0.1) is 5.56 Å². The smallest absolute Gasteiger partial charge is 0.354 e. The van der Waals surface area contributed by atoms with Gasteiger partial charge in [0, 0.05) is 24.8 Å². The fourth-order valence-corrected chi connectivity index (χ4v) is 7.06. The van der Waals surface area contributed by atoms with Crippen molar-refractivity contribution in [3.8, 4) is 5.75 Å². The zero-order chi connectivity index (χ0) is 38.9. The van der Waals surface area contributed by atoms with E-state index in [2.05, 4.69) is 9.88 Å². The molecule has 6 rings (SSSR count). The van der Waals surface area contributed by atoms with E-state index in [0.29, 0.717) is 56.5 Å². The second-order valence-electron chi connectivity index (χ2n) is 13.8. The number of fused-ring (bicyclic) bond motifs is 1. The number of rotatable bonds is 17. The number of carbonyl (C=O) groups is 2. The molecule has 0 aliphatic heterocycles. The summed E-state index contributed by atoms with van der Waals surface area (Å²) in [5, 5.41) is 18.8. The van der Waals surface area contributed by atoms with Crippen LogP contribution in [0.15, 0.2) is 103 Å². The highest BCUT2D eigenvalue weighted by molar-refractivity contribution is 5.87. The maximum atomic E-state index is 14.7. The molecular formula is C44H42F4N2O5. The molecule has 7 nitrogen and oxygen atoms in total.